The van der Waals surface area contributed by atoms with Gasteiger partial charge < -0.3 is 19.5 Å². The van der Waals surface area contributed by atoms with E-state index in [1.165, 1.54) is 0 Å². The Labute approximate surface area is 227 Å². The van der Waals surface area contributed by atoms with E-state index in [2.05, 4.69) is 19.2 Å². The fraction of sp³-hybridized carbons (Fsp3) is 0.700. The maximum Gasteiger partial charge on any atom is 0.412 e. The van der Waals surface area contributed by atoms with Crippen molar-refractivity contribution in [3.8, 4) is 0 Å². The van der Waals surface area contributed by atoms with Crippen molar-refractivity contribution < 1.29 is 28.6 Å². The van der Waals surface area contributed by atoms with Gasteiger partial charge in [0.1, 0.15) is 24.0 Å². The smallest absolute Gasteiger partial charge is 0.412 e. The Morgan fingerprint density at radius 1 is 1.11 bits per heavy atom. The standard InChI is InChI=1S/C30H46N2O6/c1-19(2)17-24-25(37-30(7,8)32(24)28(35)38-29(4,5)6)22-15-12-16-23(22)26(33)31-20(3)27(34)36-18-21-13-10-9-11-14-21/h9-11,13-14,19-20,22-25H,12,15-18H2,1-8H3,(H,31,33)/t20-,22+,23+,24-,25-/m0/s1. The Kier molecular flexibility index (Phi) is 9.50. The second kappa shape index (κ2) is 12.1. The molecular formula is C30H46N2O6. The lowest BCUT2D eigenvalue weighted by Gasteiger charge is -2.36. The van der Waals surface area contributed by atoms with Crippen LogP contribution >= 0.6 is 0 Å². The molecule has 1 saturated heterocycles. The molecule has 212 valence electrons. The number of hydrogen-bond donors (Lipinski definition) is 1. The summed E-state index contributed by atoms with van der Waals surface area (Å²) in [4.78, 5) is 41.0. The van der Waals surface area contributed by atoms with Crippen LogP contribution in [0, 0.1) is 17.8 Å². The molecular weight excluding hydrogens is 484 g/mol. The molecule has 5 atom stereocenters. The summed E-state index contributed by atoms with van der Waals surface area (Å²) in [6.07, 6.45) is 2.45. The molecule has 8 heteroatoms. The minimum absolute atomic E-state index is 0.0713. The summed E-state index contributed by atoms with van der Waals surface area (Å²) in [7, 11) is 0. The van der Waals surface area contributed by atoms with Crippen LogP contribution in [0.4, 0.5) is 4.79 Å². The molecule has 2 aliphatic rings. The second-order valence-electron chi connectivity index (χ2n) is 12.6. The van der Waals surface area contributed by atoms with Gasteiger partial charge in [0.2, 0.25) is 5.91 Å². The highest BCUT2D eigenvalue weighted by molar-refractivity contribution is 5.86. The molecule has 0 spiro atoms. The first-order valence-corrected chi connectivity index (χ1v) is 13.9. The topological polar surface area (TPSA) is 94.2 Å². The summed E-state index contributed by atoms with van der Waals surface area (Å²) in [5.41, 5.74) is -0.610. The first kappa shape index (κ1) is 29.9. The van der Waals surface area contributed by atoms with Crippen molar-refractivity contribution in [2.24, 2.45) is 17.8 Å². The van der Waals surface area contributed by atoms with Crippen LogP contribution in [0.15, 0.2) is 30.3 Å². The van der Waals surface area contributed by atoms with Crippen molar-refractivity contribution in [3.63, 3.8) is 0 Å². The van der Waals surface area contributed by atoms with E-state index in [0.717, 1.165) is 24.8 Å². The lowest BCUT2D eigenvalue weighted by molar-refractivity contribution is -0.149. The Morgan fingerprint density at radius 3 is 2.37 bits per heavy atom. The molecule has 0 aromatic heterocycles. The zero-order chi connectivity index (χ0) is 28.3. The fourth-order valence-corrected chi connectivity index (χ4v) is 5.72. The highest BCUT2D eigenvalue weighted by Gasteiger charge is 2.55. The van der Waals surface area contributed by atoms with Crippen LogP contribution in [-0.4, -0.2) is 52.4 Å². The first-order chi connectivity index (χ1) is 17.7. The highest BCUT2D eigenvalue weighted by Crippen LogP contribution is 2.46. The van der Waals surface area contributed by atoms with Gasteiger partial charge in [-0.05, 0) is 78.2 Å². The van der Waals surface area contributed by atoms with Crippen LogP contribution in [0.5, 0.6) is 0 Å². The van der Waals surface area contributed by atoms with Crippen molar-refractivity contribution in [1.82, 2.24) is 10.2 Å². The number of amides is 2. The van der Waals surface area contributed by atoms with Crippen LogP contribution in [0.2, 0.25) is 0 Å². The Morgan fingerprint density at radius 2 is 1.76 bits per heavy atom. The summed E-state index contributed by atoms with van der Waals surface area (Å²) in [6, 6.07) is 8.47. The summed E-state index contributed by atoms with van der Waals surface area (Å²) in [6.45, 7) is 15.4. The van der Waals surface area contributed by atoms with Crippen molar-refractivity contribution in [3.05, 3.63) is 35.9 Å². The summed E-state index contributed by atoms with van der Waals surface area (Å²) >= 11 is 0. The van der Waals surface area contributed by atoms with Gasteiger partial charge in [0.15, 0.2) is 0 Å². The van der Waals surface area contributed by atoms with Crippen molar-refractivity contribution in [2.45, 2.75) is 117 Å². The van der Waals surface area contributed by atoms with Crippen molar-refractivity contribution >= 4 is 18.0 Å². The monoisotopic (exact) mass is 530 g/mol. The Hall–Kier alpha value is -2.61. The molecule has 1 heterocycles. The van der Waals surface area contributed by atoms with E-state index in [0.29, 0.717) is 12.3 Å². The summed E-state index contributed by atoms with van der Waals surface area (Å²) in [5, 5.41) is 2.88. The maximum absolute atomic E-state index is 13.4. The number of carbonyl (C=O) groups is 3. The SMILES string of the molecule is CC(C)C[C@H]1[C@H]([C@@H]2CCC[C@H]2C(=O)N[C@@H](C)C(=O)OCc2ccccc2)OC(C)(C)N1C(=O)OC(C)(C)C. The zero-order valence-electron chi connectivity index (χ0n) is 24.3. The normalized spacial score (nSPS) is 25.8. The molecule has 3 rings (SSSR count). The van der Waals surface area contributed by atoms with Gasteiger partial charge in [-0.1, -0.05) is 50.6 Å². The molecule has 0 unspecified atom stereocenters. The van der Waals surface area contributed by atoms with Gasteiger partial charge in [0.25, 0.3) is 0 Å². The first-order valence-electron chi connectivity index (χ1n) is 13.9. The van der Waals surface area contributed by atoms with Crippen LogP contribution in [0.1, 0.15) is 86.6 Å². The van der Waals surface area contributed by atoms with Crippen molar-refractivity contribution in [2.75, 3.05) is 0 Å². The van der Waals surface area contributed by atoms with E-state index in [1.807, 2.05) is 65.0 Å². The van der Waals surface area contributed by atoms with Gasteiger partial charge in [0.05, 0.1) is 12.1 Å². The molecule has 0 bridgehead atoms. The van der Waals surface area contributed by atoms with Crippen LogP contribution in [-0.2, 0) is 30.4 Å². The minimum Gasteiger partial charge on any atom is -0.459 e. The Bertz CT molecular complexity index is 971. The number of hydrogen-bond acceptors (Lipinski definition) is 6. The molecule has 1 aliphatic carbocycles. The summed E-state index contributed by atoms with van der Waals surface area (Å²) in [5.74, 6) is -0.703. The van der Waals surface area contributed by atoms with E-state index in [1.54, 1.807) is 11.8 Å². The molecule has 1 aromatic rings. The molecule has 2 amide bonds. The largest absolute Gasteiger partial charge is 0.459 e. The molecule has 1 N–H and O–H groups in total. The lowest BCUT2D eigenvalue weighted by atomic mass is 9.83. The molecule has 8 nitrogen and oxygen atoms in total. The molecule has 1 aromatic carbocycles. The van der Waals surface area contributed by atoms with Gasteiger partial charge in [0, 0.05) is 5.92 Å². The summed E-state index contributed by atoms with van der Waals surface area (Å²) < 4.78 is 17.7. The third kappa shape index (κ3) is 7.49. The number of nitrogens with one attached hydrogen (secondary N) is 1. The Balaban J connectivity index is 1.71. The average molecular weight is 531 g/mol. The van der Waals surface area contributed by atoms with Gasteiger partial charge in [-0.25, -0.2) is 9.59 Å². The van der Waals surface area contributed by atoms with Crippen LogP contribution in [0.3, 0.4) is 0 Å². The van der Waals surface area contributed by atoms with Crippen LogP contribution < -0.4 is 5.32 Å². The predicted molar refractivity (Wildman–Crippen MR) is 145 cm³/mol. The van der Waals surface area contributed by atoms with Gasteiger partial charge in [-0.15, -0.1) is 0 Å². The number of rotatable bonds is 8. The lowest BCUT2D eigenvalue weighted by Crippen LogP contribution is -2.51. The molecule has 2 fully saturated rings. The second-order valence-corrected chi connectivity index (χ2v) is 12.6. The van der Waals surface area contributed by atoms with Gasteiger partial charge >= 0.3 is 12.1 Å². The minimum atomic E-state index is -0.870. The number of ether oxygens (including phenoxy) is 3. The third-order valence-electron chi connectivity index (χ3n) is 7.28. The fourth-order valence-electron chi connectivity index (χ4n) is 5.72. The number of esters is 1. The van der Waals surface area contributed by atoms with E-state index in [9.17, 15) is 14.4 Å². The average Bonchev–Trinajstić information content (AvgIpc) is 3.38. The molecule has 1 saturated carbocycles. The maximum atomic E-state index is 13.4. The number of nitrogens with zero attached hydrogens (tertiary/aromatic N) is 1. The third-order valence-corrected chi connectivity index (χ3v) is 7.28. The van der Waals surface area contributed by atoms with Crippen molar-refractivity contribution in [1.29, 1.82) is 0 Å². The molecule has 1 aliphatic heterocycles. The zero-order valence-corrected chi connectivity index (χ0v) is 24.3. The van der Waals surface area contributed by atoms with E-state index >= 15 is 0 Å². The van der Waals surface area contributed by atoms with Crippen LogP contribution in [0.25, 0.3) is 0 Å². The number of benzene rings is 1. The molecule has 38 heavy (non-hydrogen) atoms. The van der Waals surface area contributed by atoms with Gasteiger partial charge in [-0.3, -0.25) is 9.69 Å². The highest BCUT2D eigenvalue weighted by atomic mass is 16.6. The molecule has 0 radical (unpaired) electrons. The van der Waals surface area contributed by atoms with E-state index < -0.39 is 29.4 Å². The van der Waals surface area contributed by atoms with E-state index in [-0.39, 0.29) is 36.5 Å². The van der Waals surface area contributed by atoms with E-state index in [4.69, 9.17) is 14.2 Å². The predicted octanol–water partition coefficient (Wildman–Crippen LogP) is 5.44. The quantitative estimate of drug-likeness (QED) is 0.450. The number of carbonyl (C=O) groups excluding carboxylic acids is 3. The van der Waals surface area contributed by atoms with Gasteiger partial charge in [-0.2, -0.15) is 0 Å².